The molecule has 2 aromatic rings. The maximum atomic E-state index is 12.3. The standard InChI is InChI=1S/C20H25N3O7/c1-2-14-6-3-4-10-21(14)18(24)13-29-19(25)7-5-11-22-16-9-8-15(23(27)28)12-17(16)30-20(22)26/h8-9,12,14H,2-7,10-11,13H2,1H3. The molecule has 1 aromatic heterocycles. The minimum Gasteiger partial charge on any atom is -0.456 e. The van der Waals surface area contributed by atoms with E-state index in [4.69, 9.17) is 9.15 Å². The van der Waals surface area contributed by atoms with Gasteiger partial charge in [-0.15, -0.1) is 0 Å². The topological polar surface area (TPSA) is 125 Å². The van der Waals surface area contributed by atoms with Crippen LogP contribution in [0.25, 0.3) is 11.1 Å². The fourth-order valence-corrected chi connectivity index (χ4v) is 3.81. The van der Waals surface area contributed by atoms with E-state index in [-0.39, 0.29) is 42.8 Å². The summed E-state index contributed by atoms with van der Waals surface area (Å²) >= 11 is 0. The van der Waals surface area contributed by atoms with E-state index in [0.29, 0.717) is 18.5 Å². The van der Waals surface area contributed by atoms with E-state index in [1.54, 1.807) is 4.90 Å². The Morgan fingerprint density at radius 1 is 1.33 bits per heavy atom. The lowest BCUT2D eigenvalue weighted by Gasteiger charge is -2.35. The highest BCUT2D eigenvalue weighted by molar-refractivity contribution is 5.81. The van der Waals surface area contributed by atoms with Crippen molar-refractivity contribution < 1.29 is 23.7 Å². The minimum absolute atomic E-state index is 0.0383. The van der Waals surface area contributed by atoms with Gasteiger partial charge in [0.2, 0.25) is 0 Å². The van der Waals surface area contributed by atoms with Gasteiger partial charge in [-0.1, -0.05) is 6.92 Å². The summed E-state index contributed by atoms with van der Waals surface area (Å²) in [7, 11) is 0. The Hall–Kier alpha value is -3.17. The Labute approximate surface area is 172 Å². The van der Waals surface area contributed by atoms with Crippen molar-refractivity contribution in [1.82, 2.24) is 9.47 Å². The van der Waals surface area contributed by atoms with E-state index < -0.39 is 16.6 Å². The number of non-ortho nitro benzene ring substituents is 1. The maximum absolute atomic E-state index is 12.3. The highest BCUT2D eigenvalue weighted by Gasteiger charge is 2.25. The van der Waals surface area contributed by atoms with E-state index >= 15 is 0 Å². The number of piperidine rings is 1. The maximum Gasteiger partial charge on any atom is 0.419 e. The molecule has 1 saturated heterocycles. The Morgan fingerprint density at radius 2 is 2.13 bits per heavy atom. The quantitative estimate of drug-likeness (QED) is 0.366. The van der Waals surface area contributed by atoms with Crippen LogP contribution in [0.1, 0.15) is 45.4 Å². The Kier molecular flexibility index (Phi) is 6.86. The first-order chi connectivity index (χ1) is 14.4. The number of nitro groups is 1. The number of fused-ring (bicyclic) bond motifs is 1. The van der Waals surface area contributed by atoms with Crippen molar-refractivity contribution >= 4 is 28.7 Å². The molecule has 162 valence electrons. The normalized spacial score (nSPS) is 16.6. The molecular weight excluding hydrogens is 394 g/mol. The van der Waals surface area contributed by atoms with Gasteiger partial charge >= 0.3 is 11.7 Å². The number of benzene rings is 1. The van der Waals surface area contributed by atoms with Gasteiger partial charge in [-0.05, 0) is 38.2 Å². The molecule has 30 heavy (non-hydrogen) atoms. The first-order valence-corrected chi connectivity index (χ1v) is 10.1. The lowest BCUT2D eigenvalue weighted by atomic mass is 10.00. The second-order valence-corrected chi connectivity index (χ2v) is 7.34. The number of aromatic nitrogens is 1. The van der Waals surface area contributed by atoms with Crippen LogP contribution in [0.2, 0.25) is 0 Å². The zero-order chi connectivity index (χ0) is 21.7. The third-order valence-electron chi connectivity index (χ3n) is 5.40. The molecular formula is C20H25N3O7. The van der Waals surface area contributed by atoms with Gasteiger partial charge < -0.3 is 14.1 Å². The monoisotopic (exact) mass is 419 g/mol. The third kappa shape index (κ3) is 4.87. The molecule has 1 aromatic carbocycles. The number of ether oxygens (including phenoxy) is 1. The van der Waals surface area contributed by atoms with Gasteiger partial charge in [0.1, 0.15) is 0 Å². The molecule has 1 unspecified atom stereocenters. The summed E-state index contributed by atoms with van der Waals surface area (Å²) in [5, 5.41) is 10.8. The van der Waals surface area contributed by atoms with E-state index in [1.807, 2.05) is 6.92 Å². The van der Waals surface area contributed by atoms with E-state index in [0.717, 1.165) is 25.7 Å². The second-order valence-electron chi connectivity index (χ2n) is 7.34. The van der Waals surface area contributed by atoms with Crippen LogP contribution >= 0.6 is 0 Å². The van der Waals surface area contributed by atoms with Gasteiger partial charge in [0.15, 0.2) is 12.2 Å². The van der Waals surface area contributed by atoms with Crippen molar-refractivity contribution in [2.45, 2.75) is 58.0 Å². The Morgan fingerprint density at radius 3 is 2.87 bits per heavy atom. The average molecular weight is 419 g/mol. The number of rotatable bonds is 8. The predicted octanol–water partition coefficient (Wildman–Crippen LogP) is 2.62. The Balaban J connectivity index is 1.50. The predicted molar refractivity (Wildman–Crippen MR) is 107 cm³/mol. The largest absolute Gasteiger partial charge is 0.456 e. The number of aryl methyl sites for hydroxylation is 1. The molecule has 0 saturated carbocycles. The fraction of sp³-hybridized carbons (Fsp3) is 0.550. The van der Waals surface area contributed by atoms with Crippen LogP contribution in [0.4, 0.5) is 5.69 Å². The van der Waals surface area contributed by atoms with Crippen molar-refractivity contribution in [3.8, 4) is 0 Å². The van der Waals surface area contributed by atoms with Crippen LogP contribution in [-0.2, 0) is 20.9 Å². The smallest absolute Gasteiger partial charge is 0.419 e. The Bertz CT molecular complexity index is 994. The SMILES string of the molecule is CCC1CCCCN1C(=O)COC(=O)CCCn1c(=O)oc2cc([N+](=O)[O-])ccc21. The number of oxazole rings is 1. The minimum atomic E-state index is -0.648. The molecule has 3 rings (SSSR count). The first kappa shape index (κ1) is 21.5. The number of carbonyl (C=O) groups is 2. The van der Waals surface area contributed by atoms with Crippen LogP contribution in [0.3, 0.4) is 0 Å². The zero-order valence-electron chi connectivity index (χ0n) is 16.9. The summed E-state index contributed by atoms with van der Waals surface area (Å²) in [6.07, 6.45) is 4.28. The van der Waals surface area contributed by atoms with Crippen molar-refractivity contribution in [2.24, 2.45) is 0 Å². The molecule has 0 N–H and O–H groups in total. The summed E-state index contributed by atoms with van der Waals surface area (Å²) in [6, 6.07) is 4.13. The third-order valence-corrected chi connectivity index (χ3v) is 5.40. The molecule has 1 aliphatic rings. The molecule has 0 aliphatic carbocycles. The summed E-state index contributed by atoms with van der Waals surface area (Å²) in [6.45, 7) is 2.66. The summed E-state index contributed by atoms with van der Waals surface area (Å²) in [5.41, 5.74) is 0.370. The van der Waals surface area contributed by atoms with Crippen LogP contribution in [-0.4, -0.2) is 45.5 Å². The van der Waals surface area contributed by atoms with Gasteiger partial charge in [-0.25, -0.2) is 4.79 Å². The van der Waals surface area contributed by atoms with Gasteiger partial charge in [0, 0.05) is 31.6 Å². The molecule has 1 aliphatic heterocycles. The van der Waals surface area contributed by atoms with Crippen molar-refractivity contribution in [3.05, 3.63) is 38.9 Å². The number of nitrogens with zero attached hydrogens (tertiary/aromatic N) is 3. The van der Waals surface area contributed by atoms with Crippen molar-refractivity contribution in [3.63, 3.8) is 0 Å². The van der Waals surface area contributed by atoms with Crippen LogP contribution < -0.4 is 5.76 Å². The molecule has 10 heteroatoms. The highest BCUT2D eigenvalue weighted by atomic mass is 16.6. The number of likely N-dealkylation sites (tertiary alicyclic amines) is 1. The van der Waals surface area contributed by atoms with Gasteiger partial charge in [-0.3, -0.25) is 24.3 Å². The van der Waals surface area contributed by atoms with Gasteiger partial charge in [0.05, 0.1) is 16.5 Å². The number of nitro benzene ring substituents is 1. The number of hydrogen-bond donors (Lipinski definition) is 0. The number of amides is 1. The van der Waals surface area contributed by atoms with E-state index in [9.17, 15) is 24.5 Å². The van der Waals surface area contributed by atoms with Gasteiger partial charge in [-0.2, -0.15) is 0 Å². The average Bonchev–Trinajstić information content (AvgIpc) is 3.06. The number of carbonyl (C=O) groups excluding carboxylic acids is 2. The summed E-state index contributed by atoms with van der Waals surface area (Å²) < 4.78 is 11.5. The van der Waals surface area contributed by atoms with Crippen LogP contribution in [0, 0.1) is 10.1 Å². The zero-order valence-corrected chi connectivity index (χ0v) is 16.9. The lowest BCUT2D eigenvalue weighted by molar-refractivity contribution is -0.384. The summed E-state index contributed by atoms with van der Waals surface area (Å²) in [5.74, 6) is -1.33. The molecule has 2 heterocycles. The molecule has 0 radical (unpaired) electrons. The van der Waals surface area contributed by atoms with Crippen molar-refractivity contribution in [1.29, 1.82) is 0 Å². The fourth-order valence-electron chi connectivity index (χ4n) is 3.81. The van der Waals surface area contributed by atoms with Gasteiger partial charge in [0.25, 0.3) is 11.6 Å². The van der Waals surface area contributed by atoms with Crippen LogP contribution in [0.5, 0.6) is 0 Å². The molecule has 1 fully saturated rings. The molecule has 1 amide bonds. The molecule has 10 nitrogen and oxygen atoms in total. The summed E-state index contributed by atoms with van der Waals surface area (Å²) in [4.78, 5) is 48.4. The van der Waals surface area contributed by atoms with Crippen molar-refractivity contribution in [2.75, 3.05) is 13.2 Å². The van der Waals surface area contributed by atoms with Crippen LogP contribution in [0.15, 0.2) is 27.4 Å². The molecule has 1 atom stereocenters. The highest BCUT2D eigenvalue weighted by Crippen LogP contribution is 2.21. The number of esters is 1. The second kappa shape index (κ2) is 9.55. The first-order valence-electron chi connectivity index (χ1n) is 10.1. The molecule has 0 bridgehead atoms. The van der Waals surface area contributed by atoms with E-state index in [2.05, 4.69) is 0 Å². The van der Waals surface area contributed by atoms with E-state index in [1.165, 1.54) is 22.8 Å². The lowest BCUT2D eigenvalue weighted by Crippen LogP contribution is -2.45. The number of hydrogen-bond acceptors (Lipinski definition) is 7. The molecule has 0 spiro atoms.